The van der Waals surface area contributed by atoms with E-state index in [0.717, 1.165) is 12.8 Å². The molecule has 18 heavy (non-hydrogen) atoms. The molecule has 0 fully saturated rings. The average molecular weight is 251 g/mol. The standard InChI is InChI=1S/C16H29NO/c1-13(2)9-8-10-14(3)11-12-17(7)15(18)16(4,5)6/h9,11H,8,10,12H2,1-7H3/b14-11-. The van der Waals surface area contributed by atoms with Gasteiger partial charge < -0.3 is 4.90 Å². The van der Waals surface area contributed by atoms with Crippen molar-refractivity contribution in [2.45, 2.75) is 54.4 Å². The molecule has 2 nitrogen and oxygen atoms in total. The maximum absolute atomic E-state index is 12.0. The molecule has 0 saturated heterocycles. The third kappa shape index (κ3) is 7.31. The maximum atomic E-state index is 12.0. The number of nitrogens with zero attached hydrogens (tertiary/aromatic N) is 1. The van der Waals surface area contributed by atoms with Crippen LogP contribution in [0.3, 0.4) is 0 Å². The summed E-state index contributed by atoms with van der Waals surface area (Å²) in [6, 6.07) is 0. The van der Waals surface area contributed by atoms with Gasteiger partial charge in [0.25, 0.3) is 0 Å². The zero-order chi connectivity index (χ0) is 14.3. The lowest BCUT2D eigenvalue weighted by Gasteiger charge is -2.25. The highest BCUT2D eigenvalue weighted by atomic mass is 16.2. The van der Waals surface area contributed by atoms with Crippen molar-refractivity contribution in [1.82, 2.24) is 4.90 Å². The van der Waals surface area contributed by atoms with E-state index in [1.807, 2.05) is 27.8 Å². The SMILES string of the molecule is CC(C)=CCC/C(C)=C\CN(C)C(=O)C(C)(C)C. The van der Waals surface area contributed by atoms with Crippen LogP contribution in [0.2, 0.25) is 0 Å². The van der Waals surface area contributed by atoms with Crippen LogP contribution < -0.4 is 0 Å². The Morgan fingerprint density at radius 1 is 1.11 bits per heavy atom. The molecule has 0 atom stereocenters. The van der Waals surface area contributed by atoms with Crippen LogP contribution in [0, 0.1) is 5.41 Å². The smallest absolute Gasteiger partial charge is 0.227 e. The Hall–Kier alpha value is -1.05. The molecule has 0 saturated carbocycles. The summed E-state index contributed by atoms with van der Waals surface area (Å²) < 4.78 is 0. The second-order valence-electron chi connectivity index (χ2n) is 6.31. The number of amides is 1. The number of hydrogen-bond acceptors (Lipinski definition) is 1. The fraction of sp³-hybridized carbons (Fsp3) is 0.688. The summed E-state index contributed by atoms with van der Waals surface area (Å²) in [6.45, 7) is 12.9. The molecule has 0 rings (SSSR count). The van der Waals surface area contributed by atoms with Crippen LogP contribution in [0.1, 0.15) is 54.4 Å². The number of hydrogen-bond donors (Lipinski definition) is 0. The Kier molecular flexibility index (Phi) is 6.97. The Labute approximate surface area is 113 Å². The lowest BCUT2D eigenvalue weighted by atomic mass is 9.95. The molecular weight excluding hydrogens is 222 g/mol. The second-order valence-corrected chi connectivity index (χ2v) is 6.31. The highest BCUT2D eigenvalue weighted by molar-refractivity contribution is 5.81. The summed E-state index contributed by atoms with van der Waals surface area (Å²) in [5.41, 5.74) is 2.42. The maximum Gasteiger partial charge on any atom is 0.227 e. The summed E-state index contributed by atoms with van der Waals surface area (Å²) in [5, 5.41) is 0. The first kappa shape index (κ1) is 16.9. The van der Waals surface area contributed by atoms with Crippen molar-refractivity contribution in [2.24, 2.45) is 5.41 Å². The Morgan fingerprint density at radius 3 is 2.11 bits per heavy atom. The topological polar surface area (TPSA) is 20.3 Å². The molecule has 0 aromatic carbocycles. The fourth-order valence-electron chi connectivity index (χ4n) is 1.64. The highest BCUT2D eigenvalue weighted by Crippen LogP contribution is 2.16. The van der Waals surface area contributed by atoms with Crippen molar-refractivity contribution in [3.05, 3.63) is 23.3 Å². The lowest BCUT2D eigenvalue weighted by molar-refractivity contribution is -0.137. The molecule has 1 amide bonds. The van der Waals surface area contributed by atoms with Crippen LogP contribution in [0.4, 0.5) is 0 Å². The summed E-state index contributed by atoms with van der Waals surface area (Å²) in [7, 11) is 1.87. The van der Waals surface area contributed by atoms with Crippen molar-refractivity contribution in [2.75, 3.05) is 13.6 Å². The van der Waals surface area contributed by atoms with Crippen LogP contribution in [-0.2, 0) is 4.79 Å². The van der Waals surface area contributed by atoms with Gasteiger partial charge in [0.2, 0.25) is 5.91 Å². The third-order valence-corrected chi connectivity index (χ3v) is 2.79. The molecule has 0 heterocycles. The summed E-state index contributed by atoms with van der Waals surface area (Å²) >= 11 is 0. The van der Waals surface area contributed by atoms with Crippen molar-refractivity contribution in [3.63, 3.8) is 0 Å². The van der Waals surface area contributed by atoms with E-state index in [4.69, 9.17) is 0 Å². The van der Waals surface area contributed by atoms with E-state index in [9.17, 15) is 4.79 Å². The van der Waals surface area contributed by atoms with Gasteiger partial charge >= 0.3 is 0 Å². The molecular formula is C16H29NO. The molecule has 0 spiro atoms. The zero-order valence-corrected chi connectivity index (χ0v) is 13.1. The fourth-order valence-corrected chi connectivity index (χ4v) is 1.64. The second kappa shape index (κ2) is 7.40. The van der Waals surface area contributed by atoms with Gasteiger partial charge in [0.1, 0.15) is 0 Å². The zero-order valence-electron chi connectivity index (χ0n) is 13.1. The molecule has 0 aliphatic heterocycles. The summed E-state index contributed by atoms with van der Waals surface area (Å²) in [5.74, 6) is 0.191. The van der Waals surface area contributed by atoms with E-state index < -0.39 is 0 Å². The van der Waals surface area contributed by atoms with Gasteiger partial charge in [-0.05, 0) is 33.6 Å². The monoisotopic (exact) mass is 251 g/mol. The summed E-state index contributed by atoms with van der Waals surface area (Å²) in [6.07, 6.45) is 6.56. The van der Waals surface area contributed by atoms with Crippen molar-refractivity contribution < 1.29 is 4.79 Å². The van der Waals surface area contributed by atoms with Gasteiger partial charge in [0.15, 0.2) is 0 Å². The minimum absolute atomic E-state index is 0.191. The number of rotatable bonds is 5. The lowest BCUT2D eigenvalue weighted by Crippen LogP contribution is -2.36. The Bertz CT molecular complexity index is 327. The number of likely N-dealkylation sites (N-methyl/N-ethyl adjacent to an activating group) is 1. The highest BCUT2D eigenvalue weighted by Gasteiger charge is 2.24. The van der Waals surface area contributed by atoms with Crippen LogP contribution in [0.5, 0.6) is 0 Å². The molecule has 0 unspecified atom stereocenters. The predicted octanol–water partition coefficient (Wildman–Crippen LogP) is 4.18. The largest absolute Gasteiger partial charge is 0.342 e. The first-order valence-electron chi connectivity index (χ1n) is 6.69. The summed E-state index contributed by atoms with van der Waals surface area (Å²) in [4.78, 5) is 13.8. The molecule has 0 radical (unpaired) electrons. The Balaban J connectivity index is 4.21. The van der Waals surface area contributed by atoms with Gasteiger partial charge in [-0.15, -0.1) is 0 Å². The van der Waals surface area contributed by atoms with E-state index in [0.29, 0.717) is 6.54 Å². The third-order valence-electron chi connectivity index (χ3n) is 2.79. The quantitative estimate of drug-likeness (QED) is 0.671. The van der Waals surface area contributed by atoms with E-state index in [1.54, 1.807) is 4.90 Å². The van der Waals surface area contributed by atoms with Gasteiger partial charge in [-0.2, -0.15) is 0 Å². The first-order chi connectivity index (χ1) is 8.14. The van der Waals surface area contributed by atoms with Crippen molar-refractivity contribution in [3.8, 4) is 0 Å². The number of carbonyl (C=O) groups excluding carboxylic acids is 1. The predicted molar refractivity (Wildman–Crippen MR) is 79.5 cm³/mol. The van der Waals surface area contributed by atoms with E-state index in [1.165, 1.54) is 11.1 Å². The van der Waals surface area contributed by atoms with Gasteiger partial charge in [0, 0.05) is 19.0 Å². The van der Waals surface area contributed by atoms with Gasteiger partial charge in [0.05, 0.1) is 0 Å². The molecule has 104 valence electrons. The van der Waals surface area contributed by atoms with Gasteiger partial charge in [-0.3, -0.25) is 4.79 Å². The minimum Gasteiger partial charge on any atom is -0.342 e. The number of carbonyl (C=O) groups is 1. The van der Waals surface area contributed by atoms with Crippen LogP contribution in [0.15, 0.2) is 23.3 Å². The van der Waals surface area contributed by atoms with Crippen LogP contribution >= 0.6 is 0 Å². The average Bonchev–Trinajstić information content (AvgIpc) is 2.23. The number of allylic oxidation sites excluding steroid dienone is 3. The van der Waals surface area contributed by atoms with E-state index >= 15 is 0 Å². The molecule has 0 aromatic heterocycles. The van der Waals surface area contributed by atoms with Crippen LogP contribution in [0.25, 0.3) is 0 Å². The van der Waals surface area contributed by atoms with Gasteiger partial charge in [-0.25, -0.2) is 0 Å². The molecule has 0 aliphatic carbocycles. The minimum atomic E-state index is -0.293. The van der Waals surface area contributed by atoms with Gasteiger partial charge in [-0.1, -0.05) is 44.1 Å². The molecule has 0 aromatic rings. The van der Waals surface area contributed by atoms with Crippen molar-refractivity contribution >= 4 is 5.91 Å². The molecule has 2 heteroatoms. The molecule has 0 bridgehead atoms. The first-order valence-corrected chi connectivity index (χ1v) is 6.69. The Morgan fingerprint density at radius 2 is 1.67 bits per heavy atom. The van der Waals surface area contributed by atoms with E-state index in [-0.39, 0.29) is 11.3 Å². The van der Waals surface area contributed by atoms with Crippen LogP contribution in [-0.4, -0.2) is 24.4 Å². The normalized spacial score (nSPS) is 12.3. The van der Waals surface area contributed by atoms with E-state index in [2.05, 4.69) is 32.9 Å². The van der Waals surface area contributed by atoms with Crippen molar-refractivity contribution in [1.29, 1.82) is 0 Å². The molecule has 0 aliphatic rings. The molecule has 0 N–H and O–H groups in total.